The summed E-state index contributed by atoms with van der Waals surface area (Å²) >= 11 is 0. The molecule has 3 aromatic rings. The molecule has 0 aliphatic rings. The normalized spacial score (nSPS) is 10.3. The van der Waals surface area contributed by atoms with Gasteiger partial charge < -0.3 is 4.74 Å². The van der Waals surface area contributed by atoms with Crippen LogP contribution in [-0.2, 0) is 11.3 Å². The summed E-state index contributed by atoms with van der Waals surface area (Å²) in [6, 6.07) is 13.1. The fourth-order valence-corrected chi connectivity index (χ4v) is 2.12. The van der Waals surface area contributed by atoms with Gasteiger partial charge in [0.1, 0.15) is 24.1 Å². The van der Waals surface area contributed by atoms with Crippen molar-refractivity contribution in [1.82, 2.24) is 14.6 Å². The van der Waals surface area contributed by atoms with Gasteiger partial charge in [0.2, 0.25) is 0 Å². The maximum Gasteiger partial charge on any atom is 0.413 e. The Morgan fingerprint density at radius 2 is 2.17 bits per heavy atom. The molecule has 1 aromatic carbocycles. The fourth-order valence-electron chi connectivity index (χ4n) is 2.12. The number of fused-ring (bicyclic) bond motifs is 1. The minimum absolute atomic E-state index is 0.169. The average Bonchev–Trinajstić information content (AvgIpc) is 2.97. The number of hydrogen-bond donors (Lipinski definition) is 1. The first-order valence-electron chi connectivity index (χ1n) is 6.90. The van der Waals surface area contributed by atoms with E-state index in [9.17, 15) is 4.79 Å². The summed E-state index contributed by atoms with van der Waals surface area (Å²) in [5.74, 6) is 0.395. The molecule has 0 radical (unpaired) electrons. The van der Waals surface area contributed by atoms with E-state index in [1.165, 1.54) is 10.7 Å². The zero-order chi connectivity index (χ0) is 16.2. The van der Waals surface area contributed by atoms with Crippen molar-refractivity contribution in [1.29, 1.82) is 5.26 Å². The highest BCUT2D eigenvalue weighted by Gasteiger charge is 2.12. The molecule has 3 rings (SSSR count). The van der Waals surface area contributed by atoms with Crippen molar-refractivity contribution >= 4 is 17.6 Å². The second-order valence-electron chi connectivity index (χ2n) is 4.87. The zero-order valence-electron chi connectivity index (χ0n) is 12.4. The smallest absolute Gasteiger partial charge is 0.413 e. The summed E-state index contributed by atoms with van der Waals surface area (Å²) in [7, 11) is 0. The van der Waals surface area contributed by atoms with Gasteiger partial charge in [-0.3, -0.25) is 5.32 Å². The number of hydrogen-bond acceptors (Lipinski definition) is 5. The van der Waals surface area contributed by atoms with Crippen molar-refractivity contribution < 1.29 is 9.53 Å². The lowest BCUT2D eigenvalue weighted by atomic mass is 10.2. The third-order valence-corrected chi connectivity index (χ3v) is 3.16. The quantitative estimate of drug-likeness (QED) is 0.803. The molecule has 23 heavy (non-hydrogen) atoms. The molecule has 1 amide bonds. The van der Waals surface area contributed by atoms with Crippen LogP contribution >= 0.6 is 0 Å². The number of aryl methyl sites for hydroxylation is 1. The second kappa shape index (κ2) is 6.15. The molecule has 0 aliphatic carbocycles. The van der Waals surface area contributed by atoms with Crippen LogP contribution in [0.2, 0.25) is 0 Å². The Labute approximate surface area is 132 Å². The summed E-state index contributed by atoms with van der Waals surface area (Å²) in [6.45, 7) is 1.94. The number of ether oxygens (including phenoxy) is 1. The van der Waals surface area contributed by atoms with Crippen LogP contribution in [0, 0.1) is 18.3 Å². The molecular weight excluding hydrogens is 294 g/mol. The van der Waals surface area contributed by atoms with Gasteiger partial charge in [-0.2, -0.15) is 14.9 Å². The van der Waals surface area contributed by atoms with E-state index in [4.69, 9.17) is 10.00 Å². The van der Waals surface area contributed by atoms with E-state index in [0.29, 0.717) is 22.7 Å². The first kappa shape index (κ1) is 14.5. The number of nitrogens with one attached hydrogen (secondary N) is 1. The van der Waals surface area contributed by atoms with Crippen LogP contribution < -0.4 is 5.32 Å². The van der Waals surface area contributed by atoms with E-state index in [-0.39, 0.29) is 6.61 Å². The van der Waals surface area contributed by atoms with E-state index >= 15 is 0 Å². The summed E-state index contributed by atoms with van der Waals surface area (Å²) in [6.07, 6.45) is 0.803. The van der Waals surface area contributed by atoms with Crippen molar-refractivity contribution in [3.8, 4) is 6.07 Å². The van der Waals surface area contributed by atoms with Crippen LogP contribution in [0.25, 0.3) is 5.65 Å². The Kier molecular flexibility index (Phi) is 3.89. The third-order valence-electron chi connectivity index (χ3n) is 3.16. The lowest BCUT2D eigenvalue weighted by molar-refractivity contribution is 0.155. The Bertz CT molecular complexity index is 896. The van der Waals surface area contributed by atoms with Gasteiger partial charge in [-0.15, -0.1) is 0 Å². The maximum atomic E-state index is 12.0. The van der Waals surface area contributed by atoms with Gasteiger partial charge in [0, 0.05) is 11.8 Å². The van der Waals surface area contributed by atoms with Gasteiger partial charge in [0.15, 0.2) is 5.65 Å². The predicted octanol–water partition coefficient (Wildman–Crippen LogP) is 2.66. The molecule has 0 bridgehead atoms. The van der Waals surface area contributed by atoms with Crippen molar-refractivity contribution in [3.63, 3.8) is 0 Å². The molecule has 2 aromatic heterocycles. The Hall–Kier alpha value is -3.40. The summed E-state index contributed by atoms with van der Waals surface area (Å²) in [5.41, 5.74) is 2.29. The summed E-state index contributed by atoms with van der Waals surface area (Å²) < 4.78 is 6.58. The van der Waals surface area contributed by atoms with E-state index in [1.807, 2.05) is 36.4 Å². The Morgan fingerprint density at radius 3 is 2.91 bits per heavy atom. The lowest BCUT2D eigenvalue weighted by Crippen LogP contribution is -2.16. The molecule has 0 aliphatic heterocycles. The fraction of sp³-hybridized carbons (Fsp3) is 0.125. The minimum Gasteiger partial charge on any atom is -0.444 e. The minimum atomic E-state index is -0.602. The lowest BCUT2D eigenvalue weighted by Gasteiger charge is -2.09. The van der Waals surface area contributed by atoms with Gasteiger partial charge in [0.25, 0.3) is 0 Å². The third kappa shape index (κ3) is 3.11. The zero-order valence-corrected chi connectivity index (χ0v) is 12.4. The van der Waals surface area contributed by atoms with E-state index in [2.05, 4.69) is 15.4 Å². The van der Waals surface area contributed by atoms with Gasteiger partial charge in [-0.05, 0) is 12.5 Å². The molecule has 0 atom stereocenters. The second-order valence-corrected chi connectivity index (χ2v) is 4.87. The first-order valence-corrected chi connectivity index (χ1v) is 6.90. The molecule has 7 heteroatoms. The Morgan fingerprint density at radius 1 is 1.39 bits per heavy atom. The van der Waals surface area contributed by atoms with E-state index in [0.717, 1.165) is 5.56 Å². The average molecular weight is 307 g/mol. The van der Waals surface area contributed by atoms with Crippen LogP contribution in [0.5, 0.6) is 0 Å². The molecule has 0 saturated heterocycles. The molecule has 0 unspecified atom stereocenters. The number of benzene rings is 1. The van der Waals surface area contributed by atoms with Gasteiger partial charge >= 0.3 is 6.09 Å². The van der Waals surface area contributed by atoms with Gasteiger partial charge in [0.05, 0.1) is 6.20 Å². The molecular formula is C16H13N5O2. The highest BCUT2D eigenvalue weighted by Crippen LogP contribution is 2.15. The predicted molar refractivity (Wildman–Crippen MR) is 82.7 cm³/mol. The number of carbonyl (C=O) groups is 1. The number of aromatic nitrogens is 3. The molecule has 1 N–H and O–H groups in total. The molecule has 114 valence electrons. The first-order chi connectivity index (χ1) is 11.2. The van der Waals surface area contributed by atoms with Crippen LogP contribution in [-0.4, -0.2) is 20.7 Å². The number of anilines is 1. The molecule has 0 spiro atoms. The number of carbonyl (C=O) groups excluding carboxylic acids is 1. The van der Waals surface area contributed by atoms with Crippen LogP contribution in [0.15, 0.2) is 42.6 Å². The number of amides is 1. The highest BCUT2D eigenvalue weighted by atomic mass is 16.5. The molecule has 0 saturated carbocycles. The van der Waals surface area contributed by atoms with Gasteiger partial charge in [-0.25, -0.2) is 9.78 Å². The molecule has 7 nitrogen and oxygen atoms in total. The monoisotopic (exact) mass is 307 g/mol. The SMILES string of the molecule is Cc1cc(NC(=O)OCc2ccccc2)n2ncc(C#N)c2n1. The van der Waals surface area contributed by atoms with Crippen LogP contribution in [0.1, 0.15) is 16.8 Å². The van der Waals surface area contributed by atoms with Crippen molar-refractivity contribution in [2.75, 3.05) is 5.32 Å². The van der Waals surface area contributed by atoms with Crippen molar-refractivity contribution in [3.05, 3.63) is 59.4 Å². The van der Waals surface area contributed by atoms with Gasteiger partial charge in [-0.1, -0.05) is 30.3 Å². The summed E-state index contributed by atoms with van der Waals surface area (Å²) in [5, 5.41) is 15.7. The molecule has 2 heterocycles. The largest absolute Gasteiger partial charge is 0.444 e. The summed E-state index contributed by atoms with van der Waals surface area (Å²) in [4.78, 5) is 16.2. The van der Waals surface area contributed by atoms with E-state index < -0.39 is 6.09 Å². The van der Waals surface area contributed by atoms with Crippen molar-refractivity contribution in [2.45, 2.75) is 13.5 Å². The Balaban J connectivity index is 1.77. The maximum absolute atomic E-state index is 12.0. The highest BCUT2D eigenvalue weighted by molar-refractivity contribution is 5.84. The van der Waals surface area contributed by atoms with E-state index in [1.54, 1.807) is 13.0 Å². The van der Waals surface area contributed by atoms with Crippen LogP contribution in [0.3, 0.4) is 0 Å². The van der Waals surface area contributed by atoms with Crippen LogP contribution in [0.4, 0.5) is 10.6 Å². The standard InChI is InChI=1S/C16H13N5O2/c1-11-7-14(21-15(19-11)13(8-17)9-18-21)20-16(22)23-10-12-5-3-2-4-6-12/h2-7,9H,10H2,1H3,(H,20,22). The van der Waals surface area contributed by atoms with Crippen molar-refractivity contribution in [2.24, 2.45) is 0 Å². The number of nitriles is 1. The molecule has 0 fully saturated rings. The number of nitrogens with zero attached hydrogens (tertiary/aromatic N) is 4. The topological polar surface area (TPSA) is 92.3 Å². The number of rotatable bonds is 3.